The topological polar surface area (TPSA) is 108 Å². The number of rotatable bonds is 48. The molecule has 0 rings (SSSR count). The number of allylic oxidation sites excluding steroid dienone is 8. The van der Waals surface area contributed by atoms with Crippen LogP contribution >= 0.6 is 7.82 Å². The zero-order chi connectivity index (χ0) is 45.3. The van der Waals surface area contributed by atoms with E-state index in [0.29, 0.717) is 12.8 Å². The van der Waals surface area contributed by atoms with Gasteiger partial charge in [0.1, 0.15) is 6.61 Å². The van der Waals surface area contributed by atoms with Crippen LogP contribution in [0.4, 0.5) is 0 Å². The molecule has 362 valence electrons. The van der Waals surface area contributed by atoms with Gasteiger partial charge in [-0.2, -0.15) is 0 Å². The first-order valence-electron chi connectivity index (χ1n) is 25.9. The minimum absolute atomic E-state index is 0.00123. The van der Waals surface area contributed by atoms with Crippen molar-refractivity contribution in [3.8, 4) is 0 Å². The Bertz CT molecular complexity index is 1150. The summed E-state index contributed by atoms with van der Waals surface area (Å²) in [6, 6.07) is 0. The average Bonchev–Trinajstić information content (AvgIpc) is 3.25. The molecule has 0 aliphatic carbocycles. The molecule has 0 aliphatic heterocycles. The molecule has 1 N–H and O–H groups in total. The Morgan fingerprint density at radius 2 is 0.823 bits per heavy atom. The first kappa shape index (κ1) is 60.0. The van der Waals surface area contributed by atoms with Crippen LogP contribution in [0.1, 0.15) is 252 Å². The molecule has 0 aromatic carbocycles. The van der Waals surface area contributed by atoms with Crippen molar-refractivity contribution >= 4 is 19.8 Å². The van der Waals surface area contributed by atoms with Crippen LogP contribution in [0.2, 0.25) is 0 Å². The second-order valence-corrected chi connectivity index (χ2v) is 18.6. The van der Waals surface area contributed by atoms with Gasteiger partial charge in [0.05, 0.1) is 13.2 Å². The highest BCUT2D eigenvalue weighted by Crippen LogP contribution is 2.43. The van der Waals surface area contributed by atoms with E-state index in [9.17, 15) is 19.0 Å². The lowest BCUT2D eigenvalue weighted by atomic mass is 10.0. The van der Waals surface area contributed by atoms with Crippen molar-refractivity contribution < 1.29 is 37.6 Å². The summed E-state index contributed by atoms with van der Waals surface area (Å²) >= 11 is 0. The molecule has 0 amide bonds. The van der Waals surface area contributed by atoms with E-state index in [1.165, 1.54) is 141 Å². The highest BCUT2D eigenvalue weighted by Gasteiger charge is 2.25. The molecule has 0 saturated carbocycles. The highest BCUT2D eigenvalue weighted by molar-refractivity contribution is 7.47. The van der Waals surface area contributed by atoms with E-state index in [0.717, 1.165) is 70.6 Å². The maximum Gasteiger partial charge on any atom is 0.472 e. The minimum atomic E-state index is -4.29. The Morgan fingerprint density at radius 3 is 1.24 bits per heavy atom. The lowest BCUT2D eigenvalue weighted by molar-refractivity contribution is -0.161. The molecular weight excluding hydrogens is 796 g/mol. The Hall–Kier alpha value is -1.99. The fourth-order valence-electron chi connectivity index (χ4n) is 7.39. The van der Waals surface area contributed by atoms with Crippen LogP contribution in [0.3, 0.4) is 0 Å². The second kappa shape index (κ2) is 48.5. The van der Waals surface area contributed by atoms with Gasteiger partial charge in [-0.3, -0.25) is 18.6 Å². The van der Waals surface area contributed by atoms with Crippen molar-refractivity contribution in [2.75, 3.05) is 19.8 Å². The van der Waals surface area contributed by atoms with Crippen molar-refractivity contribution in [1.82, 2.24) is 0 Å². The van der Waals surface area contributed by atoms with Crippen molar-refractivity contribution in [2.24, 2.45) is 0 Å². The van der Waals surface area contributed by atoms with Gasteiger partial charge in [-0.15, -0.1) is 0 Å². The second-order valence-electron chi connectivity index (χ2n) is 17.2. The van der Waals surface area contributed by atoms with Crippen molar-refractivity contribution in [3.05, 3.63) is 48.6 Å². The molecule has 0 fully saturated rings. The van der Waals surface area contributed by atoms with Gasteiger partial charge in [0.15, 0.2) is 6.10 Å². The summed E-state index contributed by atoms with van der Waals surface area (Å²) in [5.41, 5.74) is 0. The van der Waals surface area contributed by atoms with Gasteiger partial charge in [0.2, 0.25) is 0 Å². The third-order valence-electron chi connectivity index (χ3n) is 11.1. The van der Waals surface area contributed by atoms with Crippen molar-refractivity contribution in [2.45, 2.75) is 258 Å². The Labute approximate surface area is 382 Å². The van der Waals surface area contributed by atoms with Gasteiger partial charge in [0.25, 0.3) is 0 Å². The zero-order valence-electron chi connectivity index (χ0n) is 40.5. The normalized spacial score (nSPS) is 13.5. The Balaban J connectivity index is 3.97. The van der Waals surface area contributed by atoms with Gasteiger partial charge < -0.3 is 14.4 Å². The van der Waals surface area contributed by atoms with Crippen LogP contribution in [-0.4, -0.2) is 42.8 Å². The largest absolute Gasteiger partial charge is 0.472 e. The number of phosphoric ester groups is 1. The van der Waals surface area contributed by atoms with Crippen LogP contribution in [0.15, 0.2) is 48.6 Å². The standard InChI is InChI=1S/C53H97O8P/c1-4-7-9-11-13-15-17-19-21-23-25-27-29-31-33-35-37-39-41-43-45-47-52(54)58-49-51(50-60-62(56,57)59-6-3)61-53(55)48-46-44-42-40-38-36-34-32-30-28-26-24-22-20-18-16-14-12-10-8-5-2/h8,10,14,16,20,22,26,28,51H,4-7,9,11-13,15,17-19,21,23-25,27,29-50H2,1-3H3,(H,56,57)/b10-8-,16-14-,22-20-,28-26-. The zero-order valence-corrected chi connectivity index (χ0v) is 41.4. The van der Waals surface area contributed by atoms with Crippen LogP contribution in [0, 0.1) is 0 Å². The fourth-order valence-corrected chi connectivity index (χ4v) is 8.14. The van der Waals surface area contributed by atoms with Crippen molar-refractivity contribution in [1.29, 1.82) is 0 Å². The van der Waals surface area contributed by atoms with Gasteiger partial charge in [0, 0.05) is 12.8 Å². The van der Waals surface area contributed by atoms with Crippen LogP contribution in [0.25, 0.3) is 0 Å². The summed E-state index contributed by atoms with van der Waals surface area (Å²) in [6.07, 6.45) is 58.9. The maximum absolute atomic E-state index is 12.6. The minimum Gasteiger partial charge on any atom is -0.462 e. The van der Waals surface area contributed by atoms with Gasteiger partial charge >= 0.3 is 19.8 Å². The lowest BCUT2D eigenvalue weighted by Gasteiger charge is -2.19. The summed E-state index contributed by atoms with van der Waals surface area (Å²) in [6.45, 7) is 5.40. The van der Waals surface area contributed by atoms with E-state index < -0.39 is 26.5 Å². The molecule has 0 aliphatic rings. The molecule has 0 spiro atoms. The number of carbonyl (C=O) groups excluding carboxylic acids is 2. The van der Waals surface area contributed by atoms with Gasteiger partial charge in [-0.1, -0.05) is 229 Å². The summed E-state index contributed by atoms with van der Waals surface area (Å²) in [4.78, 5) is 35.0. The number of hydrogen-bond acceptors (Lipinski definition) is 7. The van der Waals surface area contributed by atoms with Crippen LogP contribution in [-0.2, 0) is 32.7 Å². The number of ether oxygens (including phenoxy) is 2. The lowest BCUT2D eigenvalue weighted by Crippen LogP contribution is -2.29. The molecule has 0 bridgehead atoms. The Kier molecular flexibility index (Phi) is 46.9. The summed E-state index contributed by atoms with van der Waals surface area (Å²) in [5, 5.41) is 0. The van der Waals surface area contributed by atoms with E-state index >= 15 is 0 Å². The predicted molar refractivity (Wildman–Crippen MR) is 262 cm³/mol. The van der Waals surface area contributed by atoms with E-state index in [4.69, 9.17) is 18.5 Å². The highest BCUT2D eigenvalue weighted by atomic mass is 31.2. The van der Waals surface area contributed by atoms with Gasteiger partial charge in [-0.25, -0.2) is 4.57 Å². The number of hydrogen-bond donors (Lipinski definition) is 1. The third-order valence-corrected chi connectivity index (χ3v) is 12.2. The molecule has 2 atom stereocenters. The average molecular weight is 893 g/mol. The van der Waals surface area contributed by atoms with E-state index in [2.05, 4.69) is 62.5 Å². The number of esters is 2. The van der Waals surface area contributed by atoms with E-state index in [1.807, 2.05) is 0 Å². The monoisotopic (exact) mass is 893 g/mol. The third kappa shape index (κ3) is 47.5. The van der Waals surface area contributed by atoms with E-state index in [-0.39, 0.29) is 25.6 Å². The predicted octanol–water partition coefficient (Wildman–Crippen LogP) is 16.9. The number of unbranched alkanes of at least 4 members (excludes halogenated alkanes) is 28. The molecule has 9 heteroatoms. The van der Waals surface area contributed by atoms with Crippen molar-refractivity contribution in [3.63, 3.8) is 0 Å². The molecule has 0 radical (unpaired) electrons. The smallest absolute Gasteiger partial charge is 0.462 e. The van der Waals surface area contributed by atoms with Gasteiger partial charge in [-0.05, 0) is 58.3 Å². The molecule has 2 unspecified atom stereocenters. The molecule has 8 nitrogen and oxygen atoms in total. The molecule has 0 aromatic heterocycles. The first-order valence-corrected chi connectivity index (χ1v) is 27.4. The molecule has 62 heavy (non-hydrogen) atoms. The maximum atomic E-state index is 12.6. The molecule has 0 saturated heterocycles. The van der Waals surface area contributed by atoms with Crippen LogP contribution in [0.5, 0.6) is 0 Å². The summed E-state index contributed by atoms with van der Waals surface area (Å²) < 4.78 is 32.8. The first-order chi connectivity index (χ1) is 30.3. The SMILES string of the molecule is CC/C=C\C/C=C\C/C=C\C/C=C\CCCCCCCCCCC(=O)OC(COC(=O)CCCCCCCCCCCCCCCCCCCCCCC)COP(=O)(O)OCC. The number of phosphoric acid groups is 1. The van der Waals surface area contributed by atoms with Crippen LogP contribution < -0.4 is 0 Å². The fraction of sp³-hybridized carbons (Fsp3) is 0.811. The number of carbonyl (C=O) groups is 2. The summed E-state index contributed by atoms with van der Waals surface area (Å²) in [7, 11) is -4.29. The quantitative estimate of drug-likeness (QED) is 0.0278. The molecule has 0 heterocycles. The summed E-state index contributed by atoms with van der Waals surface area (Å²) in [5.74, 6) is -0.797. The molecule has 0 aromatic rings. The molecular formula is C53H97O8P. The Morgan fingerprint density at radius 1 is 0.452 bits per heavy atom. The van der Waals surface area contributed by atoms with E-state index in [1.54, 1.807) is 6.92 Å².